The largest absolute Gasteiger partial charge is 0.456 e. The number of nitrogens with zero attached hydrogens (tertiary/aromatic N) is 3. The number of thiophene rings is 1. The van der Waals surface area contributed by atoms with Crippen molar-refractivity contribution in [2.75, 3.05) is 0 Å². The van der Waals surface area contributed by atoms with Gasteiger partial charge in [0, 0.05) is 48.0 Å². The Kier molecular flexibility index (Phi) is 6.14. The number of furan rings is 1. The van der Waals surface area contributed by atoms with Gasteiger partial charge in [0.05, 0.1) is 0 Å². The van der Waals surface area contributed by atoms with Crippen molar-refractivity contribution in [2.45, 2.75) is 12.3 Å². The van der Waals surface area contributed by atoms with Crippen LogP contribution < -0.4 is 0 Å². The highest BCUT2D eigenvalue weighted by atomic mass is 32.1. The number of hydrogen-bond acceptors (Lipinski definition) is 5. The fourth-order valence-corrected chi connectivity index (χ4v) is 8.39. The Hall–Kier alpha value is -5.91. The van der Waals surface area contributed by atoms with E-state index in [1.54, 1.807) is 0 Å². The third kappa shape index (κ3) is 4.25. The summed E-state index contributed by atoms with van der Waals surface area (Å²) < 4.78 is 8.75. The first-order valence-corrected chi connectivity index (χ1v) is 17.0. The second-order valence-corrected chi connectivity index (χ2v) is 13.3. The van der Waals surface area contributed by atoms with E-state index >= 15 is 0 Å². The average molecular weight is 634 g/mol. The Labute approximate surface area is 280 Å². The number of hydrogen-bond donors (Lipinski definition) is 0. The van der Waals surface area contributed by atoms with Crippen LogP contribution in [0, 0.1) is 0 Å². The molecule has 3 aromatic heterocycles. The van der Waals surface area contributed by atoms with Gasteiger partial charge in [-0.15, -0.1) is 11.3 Å². The molecule has 5 heteroatoms. The van der Waals surface area contributed by atoms with Gasteiger partial charge in [0.15, 0.2) is 11.6 Å². The van der Waals surface area contributed by atoms with E-state index in [9.17, 15) is 0 Å². The number of benzene rings is 6. The van der Waals surface area contributed by atoms with Crippen LogP contribution in [0.25, 0.3) is 86.8 Å². The van der Waals surface area contributed by atoms with Crippen LogP contribution in [0.5, 0.6) is 0 Å². The molecule has 3 heterocycles. The number of aromatic nitrogens is 3. The molecule has 1 aliphatic rings. The monoisotopic (exact) mass is 633 g/mol. The zero-order chi connectivity index (χ0) is 31.6. The average Bonchev–Trinajstić information content (AvgIpc) is 3.73. The number of fused-ring (bicyclic) bond motifs is 7. The molecule has 0 spiro atoms. The van der Waals surface area contributed by atoms with E-state index in [1.807, 2.05) is 23.5 Å². The van der Waals surface area contributed by atoms with Crippen LogP contribution >= 0.6 is 11.3 Å². The van der Waals surface area contributed by atoms with E-state index in [0.29, 0.717) is 11.6 Å². The van der Waals surface area contributed by atoms with Crippen molar-refractivity contribution in [3.05, 3.63) is 151 Å². The maximum Gasteiger partial charge on any atom is 0.164 e. The van der Waals surface area contributed by atoms with Gasteiger partial charge in [-0.3, -0.25) is 0 Å². The molecule has 0 saturated heterocycles. The maximum atomic E-state index is 6.26. The summed E-state index contributed by atoms with van der Waals surface area (Å²) >= 11 is 1.81. The van der Waals surface area contributed by atoms with E-state index in [2.05, 4.69) is 133 Å². The van der Waals surface area contributed by atoms with E-state index < -0.39 is 0 Å². The van der Waals surface area contributed by atoms with Crippen molar-refractivity contribution in [3.63, 3.8) is 0 Å². The molecule has 6 aromatic carbocycles. The lowest BCUT2D eigenvalue weighted by Crippen LogP contribution is -2.08. The topological polar surface area (TPSA) is 51.8 Å². The molecule has 4 nitrogen and oxygen atoms in total. The summed E-state index contributed by atoms with van der Waals surface area (Å²) in [5.41, 5.74) is 6.10. The van der Waals surface area contributed by atoms with Crippen LogP contribution in [0.2, 0.25) is 0 Å². The lowest BCUT2D eigenvalue weighted by atomic mass is 9.92. The highest BCUT2D eigenvalue weighted by Gasteiger charge is 2.22. The Bertz CT molecular complexity index is 2790. The number of para-hydroxylation sites is 1. The van der Waals surface area contributed by atoms with Gasteiger partial charge in [-0.25, -0.2) is 15.0 Å². The van der Waals surface area contributed by atoms with E-state index in [-0.39, 0.29) is 5.92 Å². The molecule has 10 rings (SSSR count). The fraction of sp³-hybridized carbons (Fsp3) is 0.0465. The van der Waals surface area contributed by atoms with Gasteiger partial charge in [0.1, 0.15) is 17.0 Å². The van der Waals surface area contributed by atoms with Gasteiger partial charge >= 0.3 is 0 Å². The molecule has 226 valence electrons. The van der Waals surface area contributed by atoms with Crippen LogP contribution in [0.4, 0.5) is 0 Å². The first-order chi connectivity index (χ1) is 23.8. The van der Waals surface area contributed by atoms with Crippen LogP contribution in [0.3, 0.4) is 0 Å². The maximum absolute atomic E-state index is 6.26. The Morgan fingerprint density at radius 1 is 0.500 bits per heavy atom. The predicted molar refractivity (Wildman–Crippen MR) is 199 cm³/mol. The first kappa shape index (κ1) is 27.2. The molecule has 0 saturated carbocycles. The molecular formula is C43H27N3OS. The van der Waals surface area contributed by atoms with Gasteiger partial charge in [-0.1, -0.05) is 115 Å². The summed E-state index contributed by atoms with van der Waals surface area (Å²) in [5.74, 6) is 2.25. The van der Waals surface area contributed by atoms with E-state index in [0.717, 1.165) is 67.2 Å². The van der Waals surface area contributed by atoms with Gasteiger partial charge < -0.3 is 4.42 Å². The summed E-state index contributed by atoms with van der Waals surface area (Å²) in [6.07, 6.45) is 9.42. The normalized spacial score (nSPS) is 14.6. The van der Waals surface area contributed by atoms with Crippen molar-refractivity contribution in [2.24, 2.45) is 0 Å². The lowest BCUT2D eigenvalue weighted by molar-refractivity contribution is 0.669. The van der Waals surface area contributed by atoms with Crippen LogP contribution in [0.15, 0.2) is 150 Å². The van der Waals surface area contributed by atoms with Gasteiger partial charge in [-0.2, -0.15) is 0 Å². The minimum absolute atomic E-state index is 0.0754. The summed E-state index contributed by atoms with van der Waals surface area (Å²) in [6, 6.07) is 42.6. The third-order valence-electron chi connectivity index (χ3n) is 9.47. The molecule has 0 fully saturated rings. The summed E-state index contributed by atoms with van der Waals surface area (Å²) in [5, 5.41) is 6.91. The summed E-state index contributed by atoms with van der Waals surface area (Å²) in [6.45, 7) is 0. The highest BCUT2D eigenvalue weighted by molar-refractivity contribution is 7.25. The van der Waals surface area contributed by atoms with Crippen LogP contribution in [-0.2, 0) is 0 Å². The molecule has 1 atom stereocenters. The Balaban J connectivity index is 1.22. The van der Waals surface area contributed by atoms with Crippen LogP contribution in [0.1, 0.15) is 18.2 Å². The van der Waals surface area contributed by atoms with E-state index in [1.165, 1.54) is 20.2 Å². The molecule has 0 aliphatic heterocycles. The zero-order valence-electron chi connectivity index (χ0n) is 25.8. The number of allylic oxidation sites excluding steroid dienone is 4. The second-order valence-electron chi connectivity index (χ2n) is 12.3. The van der Waals surface area contributed by atoms with Crippen molar-refractivity contribution in [1.82, 2.24) is 15.0 Å². The van der Waals surface area contributed by atoms with Crippen LogP contribution in [-0.4, -0.2) is 15.0 Å². The number of rotatable bonds is 4. The lowest BCUT2D eigenvalue weighted by Gasteiger charge is -2.16. The molecule has 0 bridgehead atoms. The second kappa shape index (κ2) is 10.8. The minimum Gasteiger partial charge on any atom is -0.456 e. The molecular weight excluding hydrogens is 607 g/mol. The summed E-state index contributed by atoms with van der Waals surface area (Å²) in [7, 11) is 0. The van der Waals surface area contributed by atoms with Crippen molar-refractivity contribution < 1.29 is 4.42 Å². The zero-order valence-corrected chi connectivity index (χ0v) is 26.6. The van der Waals surface area contributed by atoms with Crippen molar-refractivity contribution in [3.8, 4) is 33.9 Å². The highest BCUT2D eigenvalue weighted by Crippen LogP contribution is 2.43. The molecule has 48 heavy (non-hydrogen) atoms. The third-order valence-corrected chi connectivity index (χ3v) is 10.6. The molecule has 1 aliphatic carbocycles. The molecule has 0 amide bonds. The Morgan fingerprint density at radius 2 is 1.17 bits per heavy atom. The minimum atomic E-state index is 0.0754. The van der Waals surface area contributed by atoms with Crippen molar-refractivity contribution in [1.29, 1.82) is 0 Å². The summed E-state index contributed by atoms with van der Waals surface area (Å²) in [4.78, 5) is 15.6. The molecule has 1 unspecified atom stereocenters. The predicted octanol–water partition coefficient (Wildman–Crippen LogP) is 11.9. The first-order valence-electron chi connectivity index (χ1n) is 16.2. The van der Waals surface area contributed by atoms with Gasteiger partial charge in [0.2, 0.25) is 0 Å². The van der Waals surface area contributed by atoms with Gasteiger partial charge in [-0.05, 0) is 58.7 Å². The van der Waals surface area contributed by atoms with E-state index in [4.69, 9.17) is 19.4 Å². The standard InChI is InChI=1S/C43H27N3OS/c1-2-12-26(13-3-1)41-44-42(46-43(45-41)34-19-11-23-38-40(34)33-17-7-9-22-37(33)48-38)31-25-24-29(27-14-4-5-15-28(27)31)30-18-10-21-36-39(30)32-16-6-8-20-35(32)47-36/h1-12,14-26H,13H2. The van der Waals surface area contributed by atoms with Gasteiger partial charge in [0.25, 0.3) is 0 Å². The molecule has 9 aromatic rings. The Morgan fingerprint density at radius 3 is 2.02 bits per heavy atom. The smallest absolute Gasteiger partial charge is 0.164 e. The molecule has 0 radical (unpaired) electrons. The quantitative estimate of drug-likeness (QED) is 0.193. The SMILES string of the molecule is C1=CCC(c2nc(-c3ccc(-c4cccc5oc6ccccc6c45)c4ccccc34)nc(-c3cccc4sc5ccccc5c34)n2)C=C1. The fourth-order valence-electron chi connectivity index (χ4n) is 7.26. The van der Waals surface area contributed by atoms with Crippen molar-refractivity contribution >= 4 is 64.2 Å². The molecule has 0 N–H and O–H groups in total.